The molecule has 1 aromatic heterocycles. The summed E-state index contributed by atoms with van der Waals surface area (Å²) in [7, 11) is 0. The topological polar surface area (TPSA) is 48.3 Å². The molecule has 0 unspecified atom stereocenters. The molecule has 0 N–H and O–H groups in total. The highest BCUT2D eigenvalue weighted by molar-refractivity contribution is 6.35. The molecule has 2 aromatic carbocycles. The zero-order valence-electron chi connectivity index (χ0n) is 13.6. The Morgan fingerprint density at radius 1 is 1.20 bits per heavy atom. The lowest BCUT2D eigenvalue weighted by Crippen LogP contribution is -2.30. The third kappa shape index (κ3) is 3.15. The van der Waals surface area contributed by atoms with E-state index < -0.39 is 6.10 Å². The predicted molar refractivity (Wildman–Crippen MR) is 99.2 cm³/mol. The maximum atomic E-state index is 12.9. The van der Waals surface area contributed by atoms with Gasteiger partial charge in [-0.05, 0) is 38.1 Å². The number of para-hydroxylation sites is 1. The minimum atomic E-state index is -0.798. The van der Waals surface area contributed by atoms with Gasteiger partial charge in [-0.2, -0.15) is 0 Å². The van der Waals surface area contributed by atoms with Crippen molar-refractivity contribution in [1.29, 1.82) is 0 Å². The van der Waals surface area contributed by atoms with Crippen molar-refractivity contribution < 1.29 is 14.3 Å². The average Bonchev–Trinajstić information content (AvgIpc) is 2.87. The van der Waals surface area contributed by atoms with E-state index in [0.29, 0.717) is 32.6 Å². The first kappa shape index (κ1) is 17.5. The van der Waals surface area contributed by atoms with Crippen LogP contribution in [0.2, 0.25) is 10.0 Å². The standard InChI is InChI=1S/C19H15Cl2NO3/c1-11-15(10-23)14-5-3-4-6-17(14)22(11)19(24)12(2)25-18-8-7-13(20)9-16(18)21/h3-10,12H,1-2H3/t12-/m0/s1. The van der Waals surface area contributed by atoms with Gasteiger partial charge in [0.15, 0.2) is 12.4 Å². The molecule has 0 bridgehead atoms. The third-order valence-corrected chi connectivity index (χ3v) is 4.57. The molecular formula is C19H15Cl2NO3. The Morgan fingerprint density at radius 2 is 1.92 bits per heavy atom. The molecule has 4 nitrogen and oxygen atoms in total. The van der Waals surface area contributed by atoms with Crippen LogP contribution in [-0.2, 0) is 0 Å². The molecule has 0 spiro atoms. The predicted octanol–water partition coefficient (Wildman–Crippen LogP) is 5.18. The first-order valence-electron chi connectivity index (χ1n) is 7.65. The quantitative estimate of drug-likeness (QED) is 0.590. The van der Waals surface area contributed by atoms with Crippen molar-refractivity contribution in [3.63, 3.8) is 0 Å². The highest BCUT2D eigenvalue weighted by Gasteiger charge is 2.24. The molecule has 25 heavy (non-hydrogen) atoms. The van der Waals surface area contributed by atoms with Crippen molar-refractivity contribution in [3.05, 3.63) is 63.8 Å². The summed E-state index contributed by atoms with van der Waals surface area (Å²) in [6.07, 6.45) is -0.0315. The summed E-state index contributed by atoms with van der Waals surface area (Å²) in [5, 5.41) is 1.55. The molecule has 3 rings (SSSR count). The normalized spacial score (nSPS) is 12.2. The molecule has 0 amide bonds. The molecule has 128 valence electrons. The van der Waals surface area contributed by atoms with Crippen LogP contribution in [0.5, 0.6) is 5.75 Å². The van der Waals surface area contributed by atoms with Gasteiger partial charge in [0.2, 0.25) is 0 Å². The van der Waals surface area contributed by atoms with Crippen LogP contribution in [0.4, 0.5) is 0 Å². The molecular weight excluding hydrogens is 361 g/mol. The molecule has 0 saturated heterocycles. The smallest absolute Gasteiger partial charge is 0.272 e. The molecule has 0 aliphatic heterocycles. The van der Waals surface area contributed by atoms with E-state index in [2.05, 4.69) is 0 Å². The second-order valence-corrected chi connectivity index (χ2v) is 6.49. The van der Waals surface area contributed by atoms with Gasteiger partial charge in [-0.1, -0.05) is 41.4 Å². The number of fused-ring (bicyclic) bond motifs is 1. The van der Waals surface area contributed by atoms with Crippen molar-refractivity contribution in [3.8, 4) is 5.75 Å². The zero-order chi connectivity index (χ0) is 18.1. The van der Waals surface area contributed by atoms with Crippen LogP contribution in [0.15, 0.2) is 42.5 Å². The van der Waals surface area contributed by atoms with E-state index in [1.54, 1.807) is 38.1 Å². The van der Waals surface area contributed by atoms with Gasteiger partial charge < -0.3 is 4.74 Å². The number of aldehydes is 1. The van der Waals surface area contributed by atoms with Gasteiger partial charge in [0, 0.05) is 21.7 Å². The summed E-state index contributed by atoms with van der Waals surface area (Å²) in [5.41, 5.74) is 1.75. The van der Waals surface area contributed by atoms with Gasteiger partial charge in [-0.3, -0.25) is 14.2 Å². The van der Waals surface area contributed by atoms with Crippen molar-refractivity contribution in [2.45, 2.75) is 20.0 Å². The largest absolute Gasteiger partial charge is 0.479 e. The highest BCUT2D eigenvalue weighted by Crippen LogP contribution is 2.29. The fraction of sp³-hybridized carbons (Fsp3) is 0.158. The van der Waals surface area contributed by atoms with Crippen LogP contribution >= 0.6 is 23.2 Å². The number of carbonyl (C=O) groups is 2. The van der Waals surface area contributed by atoms with Gasteiger partial charge in [-0.25, -0.2) is 0 Å². The maximum absolute atomic E-state index is 12.9. The first-order valence-corrected chi connectivity index (χ1v) is 8.40. The Balaban J connectivity index is 1.99. The zero-order valence-corrected chi connectivity index (χ0v) is 15.1. The number of hydrogen-bond acceptors (Lipinski definition) is 3. The van der Waals surface area contributed by atoms with Crippen molar-refractivity contribution in [2.24, 2.45) is 0 Å². The van der Waals surface area contributed by atoms with E-state index in [0.717, 1.165) is 11.7 Å². The Labute approximate surface area is 154 Å². The summed E-state index contributed by atoms with van der Waals surface area (Å²) in [4.78, 5) is 24.4. The van der Waals surface area contributed by atoms with Crippen LogP contribution in [0.1, 0.15) is 27.8 Å². The maximum Gasteiger partial charge on any atom is 0.272 e. The number of hydrogen-bond donors (Lipinski definition) is 0. The van der Waals surface area contributed by atoms with E-state index in [4.69, 9.17) is 27.9 Å². The monoisotopic (exact) mass is 375 g/mol. The average molecular weight is 376 g/mol. The van der Waals surface area contributed by atoms with E-state index in [9.17, 15) is 9.59 Å². The second kappa shape index (κ2) is 6.90. The number of nitrogens with zero attached hydrogens (tertiary/aromatic N) is 1. The Bertz CT molecular complexity index is 978. The van der Waals surface area contributed by atoms with Crippen molar-refractivity contribution >= 4 is 46.3 Å². The number of halogens is 2. The number of aromatic nitrogens is 1. The lowest BCUT2D eigenvalue weighted by atomic mass is 10.1. The molecule has 1 heterocycles. The molecule has 0 aliphatic rings. The molecule has 0 aliphatic carbocycles. The van der Waals surface area contributed by atoms with E-state index >= 15 is 0 Å². The fourth-order valence-corrected chi connectivity index (χ4v) is 3.27. The molecule has 3 aromatic rings. The van der Waals surface area contributed by atoms with Crippen LogP contribution in [0, 0.1) is 6.92 Å². The van der Waals surface area contributed by atoms with E-state index in [1.807, 2.05) is 18.2 Å². The van der Waals surface area contributed by atoms with Crippen molar-refractivity contribution in [2.75, 3.05) is 0 Å². The Kier molecular flexibility index (Phi) is 4.84. The van der Waals surface area contributed by atoms with Gasteiger partial charge in [0.1, 0.15) is 5.75 Å². The van der Waals surface area contributed by atoms with Crippen LogP contribution < -0.4 is 4.74 Å². The summed E-state index contributed by atoms with van der Waals surface area (Å²) in [6.45, 7) is 3.38. The van der Waals surface area contributed by atoms with Crippen LogP contribution in [0.25, 0.3) is 10.9 Å². The highest BCUT2D eigenvalue weighted by atomic mass is 35.5. The Hall–Kier alpha value is -2.30. The van der Waals surface area contributed by atoms with Gasteiger partial charge >= 0.3 is 0 Å². The number of carbonyl (C=O) groups excluding carboxylic acids is 2. The number of rotatable bonds is 4. The molecule has 0 saturated carbocycles. The summed E-state index contributed by atoms with van der Waals surface area (Å²) in [6, 6.07) is 12.1. The molecule has 0 radical (unpaired) electrons. The van der Waals surface area contributed by atoms with Crippen molar-refractivity contribution in [1.82, 2.24) is 4.57 Å². The van der Waals surface area contributed by atoms with Gasteiger partial charge in [0.05, 0.1) is 10.5 Å². The minimum absolute atomic E-state index is 0.284. The minimum Gasteiger partial charge on any atom is -0.479 e. The fourth-order valence-electron chi connectivity index (χ4n) is 2.82. The molecule has 0 fully saturated rings. The van der Waals surface area contributed by atoms with Gasteiger partial charge in [-0.15, -0.1) is 0 Å². The number of benzene rings is 2. The molecule has 6 heteroatoms. The summed E-state index contributed by atoms with van der Waals surface area (Å²) in [5.74, 6) is 0.0875. The third-order valence-electron chi connectivity index (χ3n) is 4.04. The van der Waals surface area contributed by atoms with Crippen LogP contribution in [0.3, 0.4) is 0 Å². The summed E-state index contributed by atoms with van der Waals surface area (Å²) >= 11 is 12.0. The van der Waals surface area contributed by atoms with E-state index in [-0.39, 0.29) is 5.91 Å². The SMILES string of the molecule is Cc1c(C=O)c2ccccc2n1C(=O)[C@H](C)Oc1ccc(Cl)cc1Cl. The lowest BCUT2D eigenvalue weighted by molar-refractivity contribution is 0.0731. The summed E-state index contributed by atoms with van der Waals surface area (Å²) < 4.78 is 7.22. The second-order valence-electron chi connectivity index (χ2n) is 5.64. The van der Waals surface area contributed by atoms with Crippen LogP contribution in [-0.4, -0.2) is 22.9 Å². The number of ether oxygens (including phenoxy) is 1. The Morgan fingerprint density at radius 3 is 2.60 bits per heavy atom. The first-order chi connectivity index (χ1) is 11.9. The van der Waals surface area contributed by atoms with Gasteiger partial charge in [0.25, 0.3) is 5.91 Å². The molecule has 1 atom stereocenters. The lowest BCUT2D eigenvalue weighted by Gasteiger charge is -2.17. The van der Waals surface area contributed by atoms with E-state index in [1.165, 1.54) is 4.57 Å².